The van der Waals surface area contributed by atoms with Crippen LogP contribution in [0.1, 0.15) is 11.4 Å². The van der Waals surface area contributed by atoms with E-state index < -0.39 is 11.7 Å². The Balaban J connectivity index is 1.76. The minimum absolute atomic E-state index is 0.272. The van der Waals surface area contributed by atoms with Crippen molar-refractivity contribution in [1.82, 2.24) is 24.9 Å². The van der Waals surface area contributed by atoms with E-state index in [1.165, 1.54) is 18.7 Å². The molecule has 0 bridgehead atoms. The van der Waals surface area contributed by atoms with E-state index in [9.17, 15) is 13.2 Å². The molecule has 3 heterocycles. The molecule has 9 heteroatoms. The molecule has 126 valence electrons. The molecule has 0 atom stereocenters. The molecular formula is C16H10F3N5O. The normalized spacial score (nSPS) is 12.0. The predicted octanol–water partition coefficient (Wildman–Crippen LogP) is 3.55. The largest absolute Gasteiger partial charge is 0.416 e. The van der Waals surface area contributed by atoms with Crippen LogP contribution in [0.15, 0.2) is 53.6 Å². The van der Waals surface area contributed by atoms with Gasteiger partial charge in [0.2, 0.25) is 6.39 Å². The maximum atomic E-state index is 12.9. The van der Waals surface area contributed by atoms with Crippen LogP contribution in [0.2, 0.25) is 0 Å². The zero-order chi connectivity index (χ0) is 17.4. The molecule has 0 spiro atoms. The average Bonchev–Trinajstić information content (AvgIpc) is 3.24. The van der Waals surface area contributed by atoms with Crippen molar-refractivity contribution in [3.05, 3.63) is 60.5 Å². The van der Waals surface area contributed by atoms with Crippen molar-refractivity contribution in [2.45, 2.75) is 12.7 Å². The third-order valence-electron chi connectivity index (χ3n) is 3.72. The number of halogens is 3. The van der Waals surface area contributed by atoms with Gasteiger partial charge in [0.15, 0.2) is 5.82 Å². The van der Waals surface area contributed by atoms with Crippen LogP contribution in [0, 0.1) is 0 Å². The summed E-state index contributed by atoms with van der Waals surface area (Å²) in [4.78, 5) is 8.20. The van der Waals surface area contributed by atoms with Crippen molar-refractivity contribution in [3.63, 3.8) is 0 Å². The maximum Gasteiger partial charge on any atom is 0.416 e. The molecule has 0 fully saturated rings. The summed E-state index contributed by atoms with van der Waals surface area (Å²) in [5, 5.41) is 7.94. The predicted molar refractivity (Wildman–Crippen MR) is 81.4 cm³/mol. The van der Waals surface area contributed by atoms with E-state index in [0.29, 0.717) is 28.0 Å². The Bertz CT molecular complexity index is 1020. The molecule has 3 aromatic heterocycles. The van der Waals surface area contributed by atoms with E-state index in [4.69, 9.17) is 0 Å². The lowest BCUT2D eigenvalue weighted by Crippen LogP contribution is -2.04. The van der Waals surface area contributed by atoms with Gasteiger partial charge >= 0.3 is 6.18 Å². The van der Waals surface area contributed by atoms with E-state index in [2.05, 4.69) is 24.7 Å². The van der Waals surface area contributed by atoms with Crippen LogP contribution in [-0.2, 0) is 12.7 Å². The highest BCUT2D eigenvalue weighted by atomic mass is 19.4. The Morgan fingerprint density at radius 1 is 1.04 bits per heavy atom. The van der Waals surface area contributed by atoms with Crippen LogP contribution in [0.25, 0.3) is 22.2 Å². The number of hydrogen-bond donors (Lipinski definition) is 0. The lowest BCUT2D eigenvalue weighted by atomic mass is 10.0. The van der Waals surface area contributed by atoms with Crippen molar-refractivity contribution in [3.8, 4) is 11.1 Å². The smallest absolute Gasteiger partial charge is 0.343 e. The number of aromatic nitrogens is 5. The second-order valence-electron chi connectivity index (χ2n) is 5.36. The summed E-state index contributed by atoms with van der Waals surface area (Å²) < 4.78 is 45.0. The Labute approximate surface area is 138 Å². The first-order valence-corrected chi connectivity index (χ1v) is 7.25. The van der Waals surface area contributed by atoms with Gasteiger partial charge in [0.1, 0.15) is 12.1 Å². The topological polar surface area (TPSA) is 69.6 Å². The van der Waals surface area contributed by atoms with E-state index in [1.54, 1.807) is 23.0 Å². The molecule has 1 aromatic carbocycles. The maximum absolute atomic E-state index is 12.9. The lowest BCUT2D eigenvalue weighted by Gasteiger charge is -2.09. The highest BCUT2D eigenvalue weighted by molar-refractivity contribution is 5.80. The number of pyridine rings is 1. The van der Waals surface area contributed by atoms with Gasteiger partial charge in [0.25, 0.3) is 0 Å². The Kier molecular flexibility index (Phi) is 3.48. The number of benzene rings is 1. The third-order valence-corrected chi connectivity index (χ3v) is 3.72. The average molecular weight is 345 g/mol. The number of alkyl halides is 3. The molecule has 0 aliphatic heterocycles. The summed E-state index contributed by atoms with van der Waals surface area (Å²) in [7, 11) is 0. The van der Waals surface area contributed by atoms with E-state index >= 15 is 0 Å². The summed E-state index contributed by atoms with van der Waals surface area (Å²) in [6.45, 7) is 0.272. The van der Waals surface area contributed by atoms with Gasteiger partial charge in [-0.25, -0.2) is 0 Å². The van der Waals surface area contributed by atoms with Crippen LogP contribution in [0.5, 0.6) is 0 Å². The molecule has 25 heavy (non-hydrogen) atoms. The van der Waals surface area contributed by atoms with Gasteiger partial charge in [-0.1, -0.05) is 17.3 Å². The molecule has 0 amide bonds. The fourth-order valence-corrected chi connectivity index (χ4v) is 2.51. The monoisotopic (exact) mass is 345 g/mol. The minimum Gasteiger partial charge on any atom is -0.343 e. The molecule has 0 saturated heterocycles. The van der Waals surface area contributed by atoms with Crippen LogP contribution < -0.4 is 0 Å². The molecule has 0 radical (unpaired) electrons. The first kappa shape index (κ1) is 15.3. The summed E-state index contributed by atoms with van der Waals surface area (Å²) in [5.41, 5.74) is 1.58. The summed E-state index contributed by atoms with van der Waals surface area (Å²) in [6.07, 6.45) is -0.0786. The molecule has 0 aliphatic rings. The fourth-order valence-electron chi connectivity index (χ4n) is 2.51. The number of fused-ring (bicyclic) bond motifs is 1. The van der Waals surface area contributed by atoms with Crippen molar-refractivity contribution in [1.29, 1.82) is 0 Å². The highest BCUT2D eigenvalue weighted by Gasteiger charge is 2.30. The lowest BCUT2D eigenvalue weighted by molar-refractivity contribution is -0.137. The van der Waals surface area contributed by atoms with Crippen molar-refractivity contribution in [2.24, 2.45) is 0 Å². The van der Waals surface area contributed by atoms with Crippen LogP contribution in [0.3, 0.4) is 0 Å². The zero-order valence-corrected chi connectivity index (χ0v) is 12.6. The molecule has 0 aliphatic carbocycles. The SMILES string of the molecule is FC(F)(F)c1cccc(-c2cnc3cnn(Cc4ncon4)c3c2)c1. The molecule has 0 saturated carbocycles. The van der Waals surface area contributed by atoms with Crippen LogP contribution >= 0.6 is 0 Å². The summed E-state index contributed by atoms with van der Waals surface area (Å²) >= 11 is 0. The standard InChI is InChI=1S/C16H10F3N5O/c17-16(18,19)12-3-1-2-10(4-12)11-5-14-13(20-6-11)7-22-24(14)8-15-21-9-25-23-15/h1-7,9H,8H2. The number of hydrogen-bond acceptors (Lipinski definition) is 5. The van der Waals surface area contributed by atoms with Crippen LogP contribution in [-0.4, -0.2) is 24.9 Å². The molecule has 0 unspecified atom stereocenters. The number of nitrogens with zero attached hydrogens (tertiary/aromatic N) is 5. The molecule has 4 rings (SSSR count). The minimum atomic E-state index is -4.39. The van der Waals surface area contributed by atoms with Gasteiger partial charge < -0.3 is 4.52 Å². The van der Waals surface area contributed by atoms with Gasteiger partial charge in [-0.15, -0.1) is 0 Å². The Morgan fingerprint density at radius 3 is 2.68 bits per heavy atom. The Morgan fingerprint density at radius 2 is 1.92 bits per heavy atom. The third kappa shape index (κ3) is 2.95. The van der Waals surface area contributed by atoms with Gasteiger partial charge in [-0.3, -0.25) is 9.67 Å². The van der Waals surface area contributed by atoms with E-state index in [-0.39, 0.29) is 6.54 Å². The second kappa shape index (κ2) is 5.69. The van der Waals surface area contributed by atoms with Crippen molar-refractivity contribution in [2.75, 3.05) is 0 Å². The molecule has 4 aromatic rings. The zero-order valence-electron chi connectivity index (χ0n) is 12.6. The van der Waals surface area contributed by atoms with Gasteiger partial charge in [0.05, 0.1) is 17.3 Å². The molecule has 0 N–H and O–H groups in total. The quantitative estimate of drug-likeness (QED) is 0.568. The van der Waals surface area contributed by atoms with E-state index in [0.717, 1.165) is 12.1 Å². The van der Waals surface area contributed by atoms with Gasteiger partial charge in [-0.2, -0.15) is 23.3 Å². The second-order valence-corrected chi connectivity index (χ2v) is 5.36. The first-order chi connectivity index (χ1) is 12.0. The summed E-state index contributed by atoms with van der Waals surface area (Å²) in [5.74, 6) is 0.439. The van der Waals surface area contributed by atoms with Crippen molar-refractivity contribution >= 4 is 11.0 Å². The molecular weight excluding hydrogens is 335 g/mol. The van der Waals surface area contributed by atoms with Gasteiger partial charge in [0, 0.05) is 11.8 Å². The fraction of sp³-hybridized carbons (Fsp3) is 0.125. The highest BCUT2D eigenvalue weighted by Crippen LogP contribution is 2.32. The first-order valence-electron chi connectivity index (χ1n) is 7.25. The number of rotatable bonds is 3. The van der Waals surface area contributed by atoms with Crippen LogP contribution in [0.4, 0.5) is 13.2 Å². The van der Waals surface area contributed by atoms with E-state index in [1.807, 2.05) is 0 Å². The molecule has 6 nitrogen and oxygen atoms in total. The Hall–Kier alpha value is -3.23. The van der Waals surface area contributed by atoms with Gasteiger partial charge in [-0.05, 0) is 23.8 Å². The summed E-state index contributed by atoms with van der Waals surface area (Å²) in [6, 6.07) is 6.86. The van der Waals surface area contributed by atoms with Crippen molar-refractivity contribution < 1.29 is 17.7 Å².